The fourth-order valence-electron chi connectivity index (χ4n) is 3.64. The fourth-order valence-corrected chi connectivity index (χ4v) is 4.51. The second-order valence-corrected chi connectivity index (χ2v) is 8.45. The minimum atomic E-state index is -0.506. The second-order valence-electron chi connectivity index (χ2n) is 6.97. The summed E-state index contributed by atoms with van der Waals surface area (Å²) in [7, 11) is 0. The molecule has 0 aromatic heterocycles. The maximum atomic E-state index is 12.5. The minimum Gasteiger partial charge on any atom is -0.489 e. The summed E-state index contributed by atoms with van der Waals surface area (Å²) in [5.74, 6) is 1.78. The molecular weight excluding hydrogens is 434 g/mol. The normalized spacial score (nSPS) is 22.8. The minimum absolute atomic E-state index is 0.0518. The maximum absolute atomic E-state index is 12.5. The molecule has 1 aromatic carbocycles. The van der Waals surface area contributed by atoms with Gasteiger partial charge >= 0.3 is 6.09 Å². The molecule has 4 rings (SSSR count). The first-order valence-corrected chi connectivity index (χ1v) is 11.3. The third kappa shape index (κ3) is 4.30. The highest BCUT2D eigenvalue weighted by Gasteiger charge is 2.46. The standard InChI is InChI=1S/C19H22ClN3O6S/c20-3-6-30-11-17(24)21-8-16-14-9-28-15-7-12(22-4-5-27-10-18(22)25)1-2-13(15)23(14)19(26)29-16/h1-2,7,14,16H,3-6,8-11H2,(H,21,24)/t14-,16-/m0/s1. The van der Waals surface area contributed by atoms with Gasteiger partial charge in [-0.2, -0.15) is 11.8 Å². The molecule has 0 saturated carbocycles. The Bertz CT molecular complexity index is 840. The van der Waals surface area contributed by atoms with Crippen LogP contribution >= 0.6 is 23.4 Å². The quantitative estimate of drug-likeness (QED) is 0.487. The first kappa shape index (κ1) is 21.1. The number of halogens is 1. The van der Waals surface area contributed by atoms with Crippen molar-refractivity contribution in [3.63, 3.8) is 0 Å². The summed E-state index contributed by atoms with van der Waals surface area (Å²) >= 11 is 7.05. The molecule has 2 fully saturated rings. The van der Waals surface area contributed by atoms with Gasteiger partial charge in [-0.25, -0.2) is 4.79 Å². The third-order valence-electron chi connectivity index (χ3n) is 5.07. The van der Waals surface area contributed by atoms with Crippen molar-refractivity contribution in [2.45, 2.75) is 12.1 Å². The van der Waals surface area contributed by atoms with Crippen LogP contribution in [0.5, 0.6) is 5.75 Å². The van der Waals surface area contributed by atoms with E-state index in [-0.39, 0.29) is 37.6 Å². The largest absolute Gasteiger partial charge is 0.489 e. The molecule has 1 N–H and O–H groups in total. The van der Waals surface area contributed by atoms with E-state index in [0.29, 0.717) is 47.7 Å². The molecule has 0 unspecified atom stereocenters. The van der Waals surface area contributed by atoms with Gasteiger partial charge in [0.15, 0.2) is 0 Å². The predicted octanol–water partition coefficient (Wildman–Crippen LogP) is 1.22. The molecule has 3 aliphatic rings. The van der Waals surface area contributed by atoms with E-state index < -0.39 is 12.2 Å². The van der Waals surface area contributed by atoms with E-state index in [0.717, 1.165) is 0 Å². The number of fused-ring (bicyclic) bond motifs is 3. The van der Waals surface area contributed by atoms with Crippen LogP contribution in [-0.2, 0) is 19.1 Å². The molecule has 0 aliphatic carbocycles. The average Bonchev–Trinajstić information content (AvgIpc) is 3.08. The number of thioether (sulfide) groups is 1. The van der Waals surface area contributed by atoms with Crippen LogP contribution in [0.2, 0.25) is 0 Å². The van der Waals surface area contributed by atoms with Crippen molar-refractivity contribution in [2.75, 3.05) is 60.1 Å². The van der Waals surface area contributed by atoms with Crippen molar-refractivity contribution in [2.24, 2.45) is 0 Å². The van der Waals surface area contributed by atoms with Gasteiger partial charge in [0.2, 0.25) is 5.91 Å². The lowest BCUT2D eigenvalue weighted by Gasteiger charge is -2.33. The van der Waals surface area contributed by atoms with E-state index in [4.69, 9.17) is 25.8 Å². The number of morpholine rings is 1. The smallest absolute Gasteiger partial charge is 0.415 e. The number of carbonyl (C=O) groups excluding carboxylic acids is 3. The fraction of sp³-hybridized carbons (Fsp3) is 0.526. The zero-order chi connectivity index (χ0) is 21.1. The van der Waals surface area contributed by atoms with Gasteiger partial charge in [0.05, 0.1) is 24.6 Å². The summed E-state index contributed by atoms with van der Waals surface area (Å²) in [5.41, 5.74) is 1.29. The summed E-state index contributed by atoms with van der Waals surface area (Å²) in [6, 6.07) is 4.96. The van der Waals surface area contributed by atoms with Crippen molar-refractivity contribution < 1.29 is 28.6 Å². The Morgan fingerprint density at radius 3 is 3.00 bits per heavy atom. The average molecular weight is 456 g/mol. The number of amides is 3. The van der Waals surface area contributed by atoms with Crippen molar-refractivity contribution in [3.05, 3.63) is 18.2 Å². The summed E-state index contributed by atoms with van der Waals surface area (Å²) in [6.07, 6.45) is -0.983. The predicted molar refractivity (Wildman–Crippen MR) is 113 cm³/mol. The number of ether oxygens (including phenoxy) is 3. The zero-order valence-corrected chi connectivity index (χ0v) is 17.7. The van der Waals surface area contributed by atoms with Gasteiger partial charge in [-0.15, -0.1) is 11.6 Å². The lowest BCUT2D eigenvalue weighted by molar-refractivity contribution is -0.125. The van der Waals surface area contributed by atoms with Gasteiger partial charge in [0.25, 0.3) is 5.91 Å². The SMILES string of the molecule is O=C(CSCCCl)NC[C@@H]1OC(=O)N2c3ccc(N4CCOCC4=O)cc3OC[C@@H]12. The van der Waals surface area contributed by atoms with Crippen LogP contribution in [0.4, 0.5) is 16.2 Å². The lowest BCUT2D eigenvalue weighted by Crippen LogP contribution is -2.48. The van der Waals surface area contributed by atoms with Crippen molar-refractivity contribution in [1.29, 1.82) is 0 Å². The molecule has 3 heterocycles. The molecular formula is C19H22ClN3O6S. The molecule has 2 saturated heterocycles. The Morgan fingerprint density at radius 2 is 2.20 bits per heavy atom. The Kier molecular flexibility index (Phi) is 6.55. The zero-order valence-electron chi connectivity index (χ0n) is 16.2. The highest BCUT2D eigenvalue weighted by atomic mass is 35.5. The number of nitrogens with zero attached hydrogens (tertiary/aromatic N) is 2. The number of hydrogen-bond donors (Lipinski definition) is 1. The maximum Gasteiger partial charge on any atom is 0.415 e. The van der Waals surface area contributed by atoms with Gasteiger partial charge in [-0.3, -0.25) is 14.5 Å². The van der Waals surface area contributed by atoms with E-state index in [9.17, 15) is 14.4 Å². The first-order chi connectivity index (χ1) is 14.6. The molecule has 11 heteroatoms. The highest BCUT2D eigenvalue weighted by Crippen LogP contribution is 2.41. The van der Waals surface area contributed by atoms with Crippen LogP contribution < -0.4 is 19.9 Å². The van der Waals surface area contributed by atoms with Gasteiger partial charge < -0.3 is 24.4 Å². The van der Waals surface area contributed by atoms with Crippen molar-refractivity contribution >= 4 is 52.6 Å². The number of benzene rings is 1. The summed E-state index contributed by atoms with van der Waals surface area (Å²) in [4.78, 5) is 39.7. The van der Waals surface area contributed by atoms with E-state index in [2.05, 4.69) is 5.32 Å². The third-order valence-corrected chi connectivity index (χ3v) is 6.45. The van der Waals surface area contributed by atoms with E-state index >= 15 is 0 Å². The van der Waals surface area contributed by atoms with E-state index in [1.807, 2.05) is 0 Å². The van der Waals surface area contributed by atoms with Gasteiger partial charge in [0.1, 0.15) is 31.1 Å². The number of anilines is 2. The van der Waals surface area contributed by atoms with Gasteiger partial charge in [-0.1, -0.05) is 0 Å². The van der Waals surface area contributed by atoms with Crippen LogP contribution in [0, 0.1) is 0 Å². The number of carbonyl (C=O) groups is 3. The topological polar surface area (TPSA) is 97.4 Å². The number of nitrogens with one attached hydrogen (secondary N) is 1. The highest BCUT2D eigenvalue weighted by molar-refractivity contribution is 8.00. The van der Waals surface area contributed by atoms with Crippen LogP contribution in [0.3, 0.4) is 0 Å². The van der Waals surface area contributed by atoms with Gasteiger partial charge in [-0.05, 0) is 12.1 Å². The summed E-state index contributed by atoms with van der Waals surface area (Å²) in [6.45, 7) is 1.45. The Hall–Kier alpha value is -2.17. The molecule has 162 valence electrons. The molecule has 0 radical (unpaired) electrons. The number of rotatable bonds is 7. The first-order valence-electron chi connectivity index (χ1n) is 9.63. The Morgan fingerprint density at radius 1 is 1.33 bits per heavy atom. The Balaban J connectivity index is 1.42. The van der Waals surface area contributed by atoms with Crippen molar-refractivity contribution in [1.82, 2.24) is 5.32 Å². The molecule has 3 amide bonds. The molecule has 30 heavy (non-hydrogen) atoms. The summed E-state index contributed by atoms with van der Waals surface area (Å²) < 4.78 is 16.5. The lowest BCUT2D eigenvalue weighted by atomic mass is 10.1. The molecule has 1 aromatic rings. The second kappa shape index (κ2) is 9.32. The Labute approximate surface area is 182 Å². The van der Waals surface area contributed by atoms with Crippen LogP contribution in [-0.4, -0.2) is 80.3 Å². The number of alkyl halides is 1. The van der Waals surface area contributed by atoms with Crippen LogP contribution in [0.1, 0.15) is 0 Å². The molecule has 0 bridgehead atoms. The molecule has 0 spiro atoms. The number of cyclic esters (lactones) is 1. The van der Waals surface area contributed by atoms with Crippen molar-refractivity contribution in [3.8, 4) is 5.75 Å². The van der Waals surface area contributed by atoms with E-state index in [1.54, 1.807) is 28.0 Å². The van der Waals surface area contributed by atoms with E-state index in [1.165, 1.54) is 11.8 Å². The number of hydrogen-bond acceptors (Lipinski definition) is 7. The van der Waals surface area contributed by atoms with Crippen LogP contribution in [0.25, 0.3) is 0 Å². The van der Waals surface area contributed by atoms with Gasteiger partial charge in [0, 0.05) is 29.9 Å². The molecule has 2 atom stereocenters. The monoisotopic (exact) mass is 455 g/mol. The molecule has 9 nitrogen and oxygen atoms in total. The molecule has 3 aliphatic heterocycles. The summed E-state index contributed by atoms with van der Waals surface area (Å²) in [5, 5.41) is 2.80. The van der Waals surface area contributed by atoms with Crippen LogP contribution in [0.15, 0.2) is 18.2 Å².